The van der Waals surface area contributed by atoms with E-state index in [1.807, 2.05) is 11.2 Å². The number of carbonyl (C=O) groups is 1. The Morgan fingerprint density at radius 1 is 1.62 bits per heavy atom. The Labute approximate surface area is 92.6 Å². The van der Waals surface area contributed by atoms with Crippen LogP contribution in [-0.4, -0.2) is 40.7 Å². The van der Waals surface area contributed by atoms with Crippen LogP contribution in [0.3, 0.4) is 0 Å². The molecule has 0 saturated heterocycles. The van der Waals surface area contributed by atoms with E-state index < -0.39 is 0 Å². The molecule has 0 aromatic rings. The zero-order valence-corrected chi connectivity index (χ0v) is 10.4. The topological polar surface area (TPSA) is 20.3 Å². The third-order valence-corrected chi connectivity index (χ3v) is 3.12. The molecule has 4 heteroatoms. The van der Waals surface area contributed by atoms with E-state index >= 15 is 0 Å². The van der Waals surface area contributed by atoms with E-state index in [-0.39, 0.29) is 0 Å². The van der Waals surface area contributed by atoms with Gasteiger partial charge >= 0.3 is 0 Å². The Balaban J connectivity index is 2.29. The van der Waals surface area contributed by atoms with Crippen molar-refractivity contribution in [3.63, 3.8) is 0 Å². The summed E-state index contributed by atoms with van der Waals surface area (Å²) in [5.41, 5.74) is 0. The number of hydrogen-bond acceptors (Lipinski definition) is 2. The fourth-order valence-corrected chi connectivity index (χ4v) is 2.08. The van der Waals surface area contributed by atoms with Crippen molar-refractivity contribution in [3.8, 4) is 0 Å². The maximum atomic E-state index is 11.7. The summed E-state index contributed by atoms with van der Waals surface area (Å²) in [6, 6.07) is 0.562. The quantitative estimate of drug-likeness (QED) is 0.686. The van der Waals surface area contributed by atoms with Gasteiger partial charge in [-0.15, -0.1) is 0 Å². The number of halogens is 1. The monoisotopic (exact) mass is 265 g/mol. The van der Waals surface area contributed by atoms with Crippen LogP contribution in [0.4, 0.5) is 0 Å². The second-order valence-corrected chi connectivity index (χ2v) is 5.03. The molecular weight excluding hydrogens is 250 g/mol. The summed E-state index contributed by atoms with van der Waals surface area (Å²) in [5, 5.41) is 0.897. The van der Waals surface area contributed by atoms with Crippen LogP contribution in [0.15, 0.2) is 0 Å². The van der Waals surface area contributed by atoms with Crippen molar-refractivity contribution in [2.75, 3.05) is 23.9 Å². The van der Waals surface area contributed by atoms with Crippen LogP contribution in [-0.2, 0) is 4.79 Å². The predicted octanol–water partition coefficient (Wildman–Crippen LogP) is 2.13. The molecule has 1 rings (SSSR count). The first-order valence-electron chi connectivity index (χ1n) is 4.64. The molecule has 1 aliphatic carbocycles. The SMILES string of the molecule is CSCCC(=O)N(CCBr)C1CC1. The first-order chi connectivity index (χ1) is 6.29. The Hall–Kier alpha value is 0.300. The first-order valence-corrected chi connectivity index (χ1v) is 7.15. The lowest BCUT2D eigenvalue weighted by Gasteiger charge is -2.21. The maximum absolute atomic E-state index is 11.7. The number of nitrogens with zero attached hydrogens (tertiary/aromatic N) is 1. The van der Waals surface area contributed by atoms with Crippen molar-refractivity contribution in [2.45, 2.75) is 25.3 Å². The van der Waals surface area contributed by atoms with Crippen LogP contribution >= 0.6 is 27.7 Å². The largest absolute Gasteiger partial charge is 0.339 e. The van der Waals surface area contributed by atoms with Gasteiger partial charge in [0.05, 0.1) is 0 Å². The lowest BCUT2D eigenvalue weighted by atomic mass is 10.3. The number of rotatable bonds is 6. The minimum absolute atomic E-state index is 0.330. The summed E-state index contributed by atoms with van der Waals surface area (Å²) < 4.78 is 0. The molecule has 13 heavy (non-hydrogen) atoms. The third-order valence-electron chi connectivity index (χ3n) is 2.15. The molecule has 0 unspecified atom stereocenters. The van der Waals surface area contributed by atoms with Crippen molar-refractivity contribution < 1.29 is 4.79 Å². The van der Waals surface area contributed by atoms with Gasteiger partial charge in [-0.25, -0.2) is 0 Å². The van der Waals surface area contributed by atoms with Gasteiger partial charge < -0.3 is 4.90 Å². The number of carbonyl (C=O) groups excluding carboxylic acids is 1. The minimum atomic E-state index is 0.330. The molecule has 1 amide bonds. The molecule has 0 radical (unpaired) electrons. The Kier molecular flexibility index (Phi) is 5.17. The molecule has 0 aliphatic heterocycles. The molecule has 1 aliphatic rings. The van der Waals surface area contributed by atoms with Crippen LogP contribution in [0.2, 0.25) is 0 Å². The van der Waals surface area contributed by atoms with Gasteiger partial charge in [-0.05, 0) is 19.1 Å². The van der Waals surface area contributed by atoms with E-state index in [0.717, 1.165) is 17.6 Å². The van der Waals surface area contributed by atoms with Gasteiger partial charge in [0.15, 0.2) is 0 Å². The molecule has 0 spiro atoms. The summed E-state index contributed by atoms with van der Waals surface area (Å²) in [6.07, 6.45) is 5.15. The highest BCUT2D eigenvalue weighted by Gasteiger charge is 2.31. The maximum Gasteiger partial charge on any atom is 0.223 e. The first kappa shape index (κ1) is 11.4. The van der Waals surface area contributed by atoms with E-state index in [1.54, 1.807) is 11.8 Å². The number of amides is 1. The van der Waals surface area contributed by atoms with Crippen LogP contribution in [0.1, 0.15) is 19.3 Å². The summed E-state index contributed by atoms with van der Waals surface area (Å²) in [6.45, 7) is 0.873. The molecule has 0 aromatic heterocycles. The molecule has 0 aromatic carbocycles. The second-order valence-electron chi connectivity index (χ2n) is 3.25. The fourth-order valence-electron chi connectivity index (χ4n) is 1.32. The van der Waals surface area contributed by atoms with Gasteiger partial charge in [-0.1, -0.05) is 15.9 Å². The molecule has 0 heterocycles. The van der Waals surface area contributed by atoms with Gasteiger partial charge in [-0.3, -0.25) is 4.79 Å². The summed E-state index contributed by atoms with van der Waals surface area (Å²) in [7, 11) is 0. The minimum Gasteiger partial charge on any atom is -0.339 e. The van der Waals surface area contributed by atoms with Crippen LogP contribution in [0.25, 0.3) is 0 Å². The highest BCUT2D eigenvalue weighted by atomic mass is 79.9. The fraction of sp³-hybridized carbons (Fsp3) is 0.889. The van der Waals surface area contributed by atoms with Crippen LogP contribution in [0, 0.1) is 0 Å². The van der Waals surface area contributed by atoms with E-state index in [4.69, 9.17) is 0 Å². The average Bonchev–Trinajstić information content (AvgIpc) is 2.93. The van der Waals surface area contributed by atoms with Gasteiger partial charge in [0.2, 0.25) is 5.91 Å². The van der Waals surface area contributed by atoms with Gasteiger partial charge in [0, 0.05) is 30.1 Å². The van der Waals surface area contributed by atoms with Gasteiger partial charge in [-0.2, -0.15) is 11.8 Å². The van der Waals surface area contributed by atoms with Crippen molar-refractivity contribution in [1.82, 2.24) is 4.90 Å². The molecule has 76 valence electrons. The summed E-state index contributed by atoms with van der Waals surface area (Å²) in [4.78, 5) is 13.7. The number of thioether (sulfide) groups is 1. The van der Waals surface area contributed by atoms with Gasteiger partial charge in [0.1, 0.15) is 0 Å². The standard InChI is InChI=1S/C9H16BrNOS/c1-13-7-4-9(12)11(6-5-10)8-2-3-8/h8H,2-7H2,1H3. The van der Waals surface area contributed by atoms with Crippen molar-refractivity contribution in [3.05, 3.63) is 0 Å². The highest BCUT2D eigenvalue weighted by Crippen LogP contribution is 2.27. The third kappa shape index (κ3) is 3.90. The molecule has 0 atom stereocenters. The Morgan fingerprint density at radius 2 is 2.31 bits per heavy atom. The van der Waals surface area contributed by atoms with Crippen LogP contribution in [0.5, 0.6) is 0 Å². The van der Waals surface area contributed by atoms with Crippen LogP contribution < -0.4 is 0 Å². The zero-order valence-electron chi connectivity index (χ0n) is 7.96. The molecule has 2 nitrogen and oxygen atoms in total. The molecule has 0 N–H and O–H groups in total. The predicted molar refractivity (Wildman–Crippen MR) is 61.5 cm³/mol. The molecule has 1 fully saturated rings. The smallest absolute Gasteiger partial charge is 0.223 e. The van der Waals surface area contributed by atoms with E-state index in [9.17, 15) is 4.79 Å². The molecular formula is C9H16BrNOS. The highest BCUT2D eigenvalue weighted by molar-refractivity contribution is 9.09. The summed E-state index contributed by atoms with van der Waals surface area (Å²) >= 11 is 5.12. The molecule has 1 saturated carbocycles. The van der Waals surface area contributed by atoms with Crippen molar-refractivity contribution in [1.29, 1.82) is 0 Å². The van der Waals surface area contributed by atoms with E-state index in [1.165, 1.54) is 12.8 Å². The second kappa shape index (κ2) is 5.91. The zero-order chi connectivity index (χ0) is 9.68. The van der Waals surface area contributed by atoms with Gasteiger partial charge in [0.25, 0.3) is 0 Å². The van der Waals surface area contributed by atoms with Crippen molar-refractivity contribution >= 4 is 33.6 Å². The number of hydrogen-bond donors (Lipinski definition) is 0. The Bertz CT molecular complexity index is 173. The van der Waals surface area contributed by atoms with E-state index in [0.29, 0.717) is 18.4 Å². The normalized spacial score (nSPS) is 15.8. The van der Waals surface area contributed by atoms with Crippen molar-refractivity contribution in [2.24, 2.45) is 0 Å². The number of alkyl halides is 1. The summed E-state index contributed by atoms with van der Waals surface area (Å²) in [5.74, 6) is 1.28. The Morgan fingerprint density at radius 3 is 2.77 bits per heavy atom. The lowest BCUT2D eigenvalue weighted by Crippen LogP contribution is -2.34. The van der Waals surface area contributed by atoms with E-state index in [2.05, 4.69) is 15.9 Å². The average molecular weight is 266 g/mol. The molecule has 0 bridgehead atoms. The lowest BCUT2D eigenvalue weighted by molar-refractivity contribution is -0.131.